The van der Waals surface area contributed by atoms with Crippen molar-refractivity contribution in [3.63, 3.8) is 0 Å². The molecular weight excluding hydrogens is 454 g/mol. The summed E-state index contributed by atoms with van der Waals surface area (Å²) in [5.41, 5.74) is 2.78. The second-order valence-corrected chi connectivity index (χ2v) is 9.71. The number of thioether (sulfide) groups is 1. The molecule has 0 aliphatic heterocycles. The summed E-state index contributed by atoms with van der Waals surface area (Å²) in [6, 6.07) is 17.2. The molecule has 0 aliphatic rings. The SMILES string of the molecule is CCc1c(C)sc2nc(SCC(=O)Nc3ccc(OCc4ccccc4)cc3)n(C)c(=O)c12. The maximum absolute atomic E-state index is 12.9. The minimum Gasteiger partial charge on any atom is -0.489 e. The number of hydrogen-bond donors (Lipinski definition) is 1. The fourth-order valence-corrected chi connectivity index (χ4v) is 5.46. The van der Waals surface area contributed by atoms with E-state index in [0.29, 0.717) is 22.8 Å². The average molecular weight is 480 g/mol. The van der Waals surface area contributed by atoms with Gasteiger partial charge in [0.05, 0.1) is 11.1 Å². The van der Waals surface area contributed by atoms with Crippen LogP contribution in [-0.4, -0.2) is 21.2 Å². The van der Waals surface area contributed by atoms with Crippen LogP contribution in [-0.2, 0) is 24.9 Å². The minimum atomic E-state index is -0.163. The molecule has 0 unspecified atom stereocenters. The van der Waals surface area contributed by atoms with Gasteiger partial charge in [-0.25, -0.2) is 4.98 Å². The quantitative estimate of drug-likeness (QED) is 0.279. The van der Waals surface area contributed by atoms with Crippen LogP contribution in [0, 0.1) is 6.92 Å². The number of anilines is 1. The van der Waals surface area contributed by atoms with Gasteiger partial charge in [-0.3, -0.25) is 14.2 Å². The zero-order valence-corrected chi connectivity index (χ0v) is 20.4. The third-order valence-corrected chi connectivity index (χ3v) is 7.34. The largest absolute Gasteiger partial charge is 0.489 e. The summed E-state index contributed by atoms with van der Waals surface area (Å²) in [5.74, 6) is 0.726. The second-order valence-electron chi connectivity index (χ2n) is 7.56. The van der Waals surface area contributed by atoms with Gasteiger partial charge in [0, 0.05) is 17.6 Å². The fourth-order valence-electron chi connectivity index (χ4n) is 3.54. The lowest BCUT2D eigenvalue weighted by atomic mass is 10.1. The van der Waals surface area contributed by atoms with Gasteiger partial charge in [-0.2, -0.15) is 0 Å². The first-order valence-electron chi connectivity index (χ1n) is 10.6. The van der Waals surface area contributed by atoms with E-state index < -0.39 is 0 Å². The first-order valence-corrected chi connectivity index (χ1v) is 12.4. The molecule has 0 spiro atoms. The van der Waals surface area contributed by atoms with E-state index in [2.05, 4.69) is 10.3 Å². The van der Waals surface area contributed by atoms with Crippen molar-refractivity contribution in [2.75, 3.05) is 11.1 Å². The molecule has 0 bridgehead atoms. The van der Waals surface area contributed by atoms with Gasteiger partial charge in [-0.15, -0.1) is 11.3 Å². The molecule has 0 saturated carbocycles. The van der Waals surface area contributed by atoms with Gasteiger partial charge in [-0.1, -0.05) is 49.0 Å². The molecule has 2 aromatic heterocycles. The lowest BCUT2D eigenvalue weighted by molar-refractivity contribution is -0.113. The molecule has 1 N–H and O–H groups in total. The number of benzene rings is 2. The van der Waals surface area contributed by atoms with Gasteiger partial charge in [0.2, 0.25) is 5.91 Å². The molecule has 0 atom stereocenters. The van der Waals surface area contributed by atoms with Crippen LogP contribution in [0.15, 0.2) is 64.5 Å². The molecule has 4 rings (SSSR count). The summed E-state index contributed by atoms with van der Waals surface area (Å²) in [6.07, 6.45) is 0.799. The maximum atomic E-state index is 12.9. The molecule has 170 valence electrons. The Kier molecular flexibility index (Phi) is 7.15. The highest BCUT2D eigenvalue weighted by Gasteiger charge is 2.17. The first-order chi connectivity index (χ1) is 16.0. The molecule has 2 aromatic carbocycles. The monoisotopic (exact) mass is 479 g/mol. The van der Waals surface area contributed by atoms with Gasteiger partial charge < -0.3 is 10.1 Å². The predicted octanol–water partition coefficient (Wildman–Crippen LogP) is 5.18. The number of fused-ring (bicyclic) bond motifs is 1. The van der Waals surface area contributed by atoms with Crippen molar-refractivity contribution < 1.29 is 9.53 Å². The van der Waals surface area contributed by atoms with Gasteiger partial charge >= 0.3 is 0 Å². The smallest absolute Gasteiger partial charge is 0.262 e. The van der Waals surface area contributed by atoms with Crippen molar-refractivity contribution in [1.29, 1.82) is 0 Å². The third kappa shape index (κ3) is 5.29. The minimum absolute atomic E-state index is 0.0600. The number of amides is 1. The lowest BCUT2D eigenvalue weighted by Gasteiger charge is -2.09. The Morgan fingerprint density at radius 3 is 2.58 bits per heavy atom. The average Bonchev–Trinajstić information content (AvgIpc) is 3.15. The van der Waals surface area contributed by atoms with Crippen molar-refractivity contribution in [2.45, 2.75) is 32.0 Å². The van der Waals surface area contributed by atoms with Crippen LogP contribution in [0.2, 0.25) is 0 Å². The Labute approximate surface area is 200 Å². The number of carbonyl (C=O) groups is 1. The summed E-state index contributed by atoms with van der Waals surface area (Å²) in [7, 11) is 1.70. The standard InChI is InChI=1S/C25H25N3O3S2/c1-4-20-16(2)33-23-22(20)24(30)28(3)25(27-23)32-15-21(29)26-18-10-12-19(13-11-18)31-14-17-8-6-5-7-9-17/h5-13H,4,14-15H2,1-3H3,(H,26,29). The van der Waals surface area contributed by atoms with Crippen LogP contribution in [0.25, 0.3) is 10.2 Å². The van der Waals surface area contributed by atoms with Crippen molar-refractivity contribution in [1.82, 2.24) is 9.55 Å². The van der Waals surface area contributed by atoms with Crippen LogP contribution in [0.5, 0.6) is 5.75 Å². The second kappa shape index (κ2) is 10.2. The number of carbonyl (C=O) groups excluding carboxylic acids is 1. The molecule has 0 radical (unpaired) electrons. The van der Waals surface area contributed by atoms with Gasteiger partial charge in [0.15, 0.2) is 5.16 Å². The third-order valence-electron chi connectivity index (χ3n) is 5.27. The van der Waals surface area contributed by atoms with Gasteiger partial charge in [0.25, 0.3) is 5.56 Å². The number of thiophene rings is 1. The molecular formula is C25H25N3O3S2. The summed E-state index contributed by atoms with van der Waals surface area (Å²) >= 11 is 2.79. The Balaban J connectivity index is 1.36. The van der Waals surface area contributed by atoms with E-state index in [1.807, 2.05) is 68.4 Å². The maximum Gasteiger partial charge on any atom is 0.262 e. The summed E-state index contributed by atoms with van der Waals surface area (Å²) in [4.78, 5) is 31.8. The van der Waals surface area contributed by atoms with Crippen molar-refractivity contribution in [3.8, 4) is 5.75 Å². The Bertz CT molecular complexity index is 1330. The van der Waals surface area contributed by atoms with E-state index >= 15 is 0 Å². The van der Waals surface area contributed by atoms with Crippen LogP contribution in [0.4, 0.5) is 5.69 Å². The number of ether oxygens (including phenoxy) is 1. The van der Waals surface area contributed by atoms with E-state index in [0.717, 1.165) is 33.0 Å². The van der Waals surface area contributed by atoms with E-state index in [4.69, 9.17) is 4.74 Å². The lowest BCUT2D eigenvalue weighted by Crippen LogP contribution is -2.21. The number of aryl methyl sites for hydroxylation is 2. The fraction of sp³-hybridized carbons (Fsp3) is 0.240. The highest BCUT2D eigenvalue weighted by Crippen LogP contribution is 2.29. The Morgan fingerprint density at radius 2 is 1.88 bits per heavy atom. The number of rotatable bonds is 8. The van der Waals surface area contributed by atoms with Crippen molar-refractivity contribution >= 4 is 44.9 Å². The highest BCUT2D eigenvalue weighted by molar-refractivity contribution is 7.99. The van der Waals surface area contributed by atoms with Gasteiger partial charge in [0.1, 0.15) is 17.2 Å². The molecule has 8 heteroatoms. The summed E-state index contributed by atoms with van der Waals surface area (Å²) in [6.45, 7) is 4.55. The van der Waals surface area contributed by atoms with Crippen molar-refractivity contribution in [3.05, 3.63) is 81.0 Å². The van der Waals surface area contributed by atoms with Crippen LogP contribution in [0.3, 0.4) is 0 Å². The summed E-state index contributed by atoms with van der Waals surface area (Å²) in [5, 5.41) is 4.12. The van der Waals surface area contributed by atoms with E-state index in [-0.39, 0.29) is 17.2 Å². The van der Waals surface area contributed by atoms with Crippen molar-refractivity contribution in [2.24, 2.45) is 7.05 Å². The van der Waals surface area contributed by atoms with Crippen LogP contribution < -0.4 is 15.6 Å². The van der Waals surface area contributed by atoms with E-state index in [1.54, 1.807) is 7.05 Å². The molecule has 0 aliphatic carbocycles. The molecule has 33 heavy (non-hydrogen) atoms. The molecule has 0 saturated heterocycles. The molecule has 4 aromatic rings. The Morgan fingerprint density at radius 1 is 1.15 bits per heavy atom. The zero-order valence-electron chi connectivity index (χ0n) is 18.8. The number of nitrogens with one attached hydrogen (secondary N) is 1. The summed E-state index contributed by atoms with van der Waals surface area (Å²) < 4.78 is 7.31. The zero-order chi connectivity index (χ0) is 23.4. The topological polar surface area (TPSA) is 73.2 Å². The van der Waals surface area contributed by atoms with Crippen LogP contribution >= 0.6 is 23.1 Å². The van der Waals surface area contributed by atoms with E-state index in [9.17, 15) is 9.59 Å². The Hall–Kier alpha value is -3.10. The molecule has 1 amide bonds. The number of nitrogens with zero attached hydrogens (tertiary/aromatic N) is 2. The predicted molar refractivity (Wildman–Crippen MR) is 136 cm³/mol. The molecule has 0 fully saturated rings. The van der Waals surface area contributed by atoms with Crippen LogP contribution in [0.1, 0.15) is 22.9 Å². The highest BCUT2D eigenvalue weighted by atomic mass is 32.2. The van der Waals surface area contributed by atoms with E-state index in [1.165, 1.54) is 27.7 Å². The molecule has 6 nitrogen and oxygen atoms in total. The number of aromatic nitrogens is 2. The van der Waals surface area contributed by atoms with Gasteiger partial charge in [-0.05, 0) is 48.7 Å². The first kappa shape index (κ1) is 23.1. The molecule has 2 heterocycles. The normalized spacial score (nSPS) is 11.0. The number of hydrogen-bond acceptors (Lipinski definition) is 6.